The van der Waals surface area contributed by atoms with Crippen LogP contribution in [0.3, 0.4) is 0 Å². The molecule has 0 bridgehead atoms. The van der Waals surface area contributed by atoms with Gasteiger partial charge in [-0.15, -0.1) is 0 Å². The normalized spacial score (nSPS) is 12.9. The number of ether oxygens (including phenoxy) is 1. The second-order valence-corrected chi connectivity index (χ2v) is 4.96. The van der Waals surface area contributed by atoms with Gasteiger partial charge in [0, 0.05) is 5.92 Å². The van der Waals surface area contributed by atoms with Gasteiger partial charge in [0.25, 0.3) is 0 Å². The molecule has 5 heteroatoms. The molecule has 0 aromatic rings. The smallest absolute Gasteiger partial charge is 0.310 e. The average molecular weight is 244 g/mol. The van der Waals surface area contributed by atoms with Crippen molar-refractivity contribution in [2.75, 3.05) is 6.61 Å². The molecule has 0 amide bonds. The maximum Gasteiger partial charge on any atom is 0.310 e. The number of carbonyl (C=O) groups excluding carboxylic acids is 2. The van der Waals surface area contributed by atoms with Gasteiger partial charge in [0.15, 0.2) is 0 Å². The molecule has 0 aliphatic heterocycles. The molecule has 0 rings (SSSR count). The molecule has 0 aliphatic rings. The van der Waals surface area contributed by atoms with Gasteiger partial charge in [0.2, 0.25) is 0 Å². The minimum absolute atomic E-state index is 0.0660. The van der Waals surface area contributed by atoms with E-state index in [-0.39, 0.29) is 13.0 Å². The van der Waals surface area contributed by atoms with Crippen LogP contribution in [0, 0.1) is 11.3 Å². The fourth-order valence-corrected chi connectivity index (χ4v) is 1.56. The van der Waals surface area contributed by atoms with Crippen LogP contribution in [0.1, 0.15) is 40.5 Å². The topological polar surface area (TPSA) is 80.7 Å². The van der Waals surface area contributed by atoms with Gasteiger partial charge in [-0.1, -0.05) is 20.8 Å². The Morgan fingerprint density at radius 2 is 1.76 bits per heavy atom. The molecule has 98 valence electrons. The van der Waals surface area contributed by atoms with Gasteiger partial charge in [-0.2, -0.15) is 0 Å². The summed E-state index contributed by atoms with van der Waals surface area (Å²) < 4.78 is 4.78. The molecular formula is C12H20O5. The zero-order valence-electron chi connectivity index (χ0n) is 10.8. The Bertz CT molecular complexity index is 301. The molecule has 5 nitrogen and oxygen atoms in total. The van der Waals surface area contributed by atoms with Crippen molar-refractivity contribution in [2.24, 2.45) is 11.3 Å². The number of ketones is 1. The van der Waals surface area contributed by atoms with Crippen LogP contribution in [-0.4, -0.2) is 29.4 Å². The summed E-state index contributed by atoms with van der Waals surface area (Å²) in [7, 11) is 0. The first-order valence-electron chi connectivity index (χ1n) is 5.58. The monoisotopic (exact) mass is 244 g/mol. The number of carboxylic acid groups (broad SMARTS) is 1. The SMILES string of the molecule is CCOC(=O)CC(C(=O)CC(=O)O)C(C)(C)C. The number of esters is 1. The van der Waals surface area contributed by atoms with Crippen LogP contribution in [0.4, 0.5) is 0 Å². The van der Waals surface area contributed by atoms with Crippen LogP contribution in [-0.2, 0) is 19.1 Å². The summed E-state index contributed by atoms with van der Waals surface area (Å²) in [5.41, 5.74) is -0.459. The summed E-state index contributed by atoms with van der Waals surface area (Å²) in [6, 6.07) is 0. The number of Topliss-reactive ketones (excluding diaryl/α,β-unsaturated/α-hetero) is 1. The molecule has 0 saturated carbocycles. The first kappa shape index (κ1) is 15.6. The van der Waals surface area contributed by atoms with Crippen molar-refractivity contribution >= 4 is 17.7 Å². The zero-order valence-corrected chi connectivity index (χ0v) is 10.8. The fraction of sp³-hybridized carbons (Fsp3) is 0.750. The number of hydrogen-bond acceptors (Lipinski definition) is 4. The van der Waals surface area contributed by atoms with Crippen molar-refractivity contribution in [3.8, 4) is 0 Å². The van der Waals surface area contributed by atoms with E-state index in [0.717, 1.165) is 0 Å². The molecular weight excluding hydrogens is 224 g/mol. The lowest BCUT2D eigenvalue weighted by Crippen LogP contribution is -2.32. The van der Waals surface area contributed by atoms with Crippen molar-refractivity contribution in [2.45, 2.75) is 40.5 Å². The van der Waals surface area contributed by atoms with Crippen LogP contribution < -0.4 is 0 Å². The maximum absolute atomic E-state index is 11.8. The van der Waals surface area contributed by atoms with Gasteiger partial charge in [0.1, 0.15) is 12.2 Å². The van der Waals surface area contributed by atoms with Crippen molar-refractivity contribution in [3.05, 3.63) is 0 Å². The Morgan fingerprint density at radius 3 is 2.12 bits per heavy atom. The van der Waals surface area contributed by atoms with E-state index >= 15 is 0 Å². The molecule has 0 radical (unpaired) electrons. The number of rotatable bonds is 6. The zero-order chi connectivity index (χ0) is 13.6. The van der Waals surface area contributed by atoms with Crippen molar-refractivity contribution in [1.82, 2.24) is 0 Å². The summed E-state index contributed by atoms with van der Waals surface area (Å²) in [5.74, 6) is -2.70. The summed E-state index contributed by atoms with van der Waals surface area (Å²) >= 11 is 0. The molecule has 0 saturated heterocycles. The lowest BCUT2D eigenvalue weighted by Gasteiger charge is -2.28. The van der Waals surface area contributed by atoms with E-state index in [2.05, 4.69) is 0 Å². The summed E-state index contributed by atoms with van der Waals surface area (Å²) in [5, 5.41) is 8.60. The van der Waals surface area contributed by atoms with Crippen LogP contribution in [0.15, 0.2) is 0 Å². The van der Waals surface area contributed by atoms with Crippen molar-refractivity contribution in [1.29, 1.82) is 0 Å². The van der Waals surface area contributed by atoms with E-state index in [1.807, 2.05) is 0 Å². The maximum atomic E-state index is 11.8. The van der Waals surface area contributed by atoms with E-state index in [1.165, 1.54) is 0 Å². The fourth-order valence-electron chi connectivity index (χ4n) is 1.56. The Kier molecular flexibility index (Phi) is 5.85. The highest BCUT2D eigenvalue weighted by atomic mass is 16.5. The summed E-state index contributed by atoms with van der Waals surface area (Å²) in [6.45, 7) is 7.34. The third-order valence-electron chi connectivity index (χ3n) is 2.44. The lowest BCUT2D eigenvalue weighted by molar-refractivity contribution is -0.150. The van der Waals surface area contributed by atoms with E-state index in [4.69, 9.17) is 9.84 Å². The summed E-state index contributed by atoms with van der Waals surface area (Å²) in [6.07, 6.45) is -0.620. The van der Waals surface area contributed by atoms with E-state index in [1.54, 1.807) is 27.7 Å². The second kappa shape index (κ2) is 6.37. The molecule has 0 fully saturated rings. The molecule has 1 atom stereocenters. The molecule has 0 aromatic carbocycles. The van der Waals surface area contributed by atoms with E-state index in [9.17, 15) is 14.4 Å². The molecule has 1 unspecified atom stereocenters. The number of aliphatic carboxylic acids is 1. The standard InChI is InChI=1S/C12H20O5/c1-5-17-11(16)6-8(12(2,3)4)9(13)7-10(14)15/h8H,5-7H2,1-4H3,(H,14,15). The Hall–Kier alpha value is -1.39. The van der Waals surface area contributed by atoms with Crippen LogP contribution in [0.5, 0.6) is 0 Å². The molecule has 1 N–H and O–H groups in total. The van der Waals surface area contributed by atoms with Crippen molar-refractivity contribution in [3.63, 3.8) is 0 Å². The van der Waals surface area contributed by atoms with Crippen LogP contribution in [0.2, 0.25) is 0 Å². The number of carboxylic acids is 1. The third-order valence-corrected chi connectivity index (χ3v) is 2.44. The van der Waals surface area contributed by atoms with Gasteiger partial charge in [-0.25, -0.2) is 0 Å². The first-order valence-corrected chi connectivity index (χ1v) is 5.58. The van der Waals surface area contributed by atoms with Gasteiger partial charge in [-0.3, -0.25) is 14.4 Å². The highest BCUT2D eigenvalue weighted by Crippen LogP contribution is 2.30. The van der Waals surface area contributed by atoms with E-state index < -0.39 is 35.5 Å². The minimum atomic E-state index is -1.17. The first-order chi connectivity index (χ1) is 7.68. The predicted octanol–water partition coefficient (Wildman–Crippen LogP) is 1.65. The Labute approximate surface area is 101 Å². The number of carbonyl (C=O) groups is 3. The van der Waals surface area contributed by atoms with Gasteiger partial charge in [0.05, 0.1) is 13.0 Å². The lowest BCUT2D eigenvalue weighted by atomic mass is 9.75. The van der Waals surface area contributed by atoms with E-state index in [0.29, 0.717) is 0 Å². The largest absolute Gasteiger partial charge is 0.481 e. The number of hydrogen-bond donors (Lipinski definition) is 1. The van der Waals surface area contributed by atoms with Gasteiger partial charge in [-0.05, 0) is 12.3 Å². The molecule has 17 heavy (non-hydrogen) atoms. The van der Waals surface area contributed by atoms with Gasteiger partial charge < -0.3 is 9.84 Å². The van der Waals surface area contributed by atoms with Crippen molar-refractivity contribution < 1.29 is 24.2 Å². The average Bonchev–Trinajstić information content (AvgIpc) is 2.11. The molecule has 0 spiro atoms. The van der Waals surface area contributed by atoms with Crippen LogP contribution >= 0.6 is 0 Å². The molecule has 0 aromatic heterocycles. The molecule has 0 aliphatic carbocycles. The third kappa shape index (κ3) is 6.04. The quantitative estimate of drug-likeness (QED) is 0.567. The van der Waals surface area contributed by atoms with Gasteiger partial charge >= 0.3 is 11.9 Å². The Morgan fingerprint density at radius 1 is 1.24 bits per heavy atom. The van der Waals surface area contributed by atoms with Crippen LogP contribution in [0.25, 0.3) is 0 Å². The second-order valence-electron chi connectivity index (χ2n) is 4.96. The Balaban J connectivity index is 4.72. The molecule has 0 heterocycles. The highest BCUT2D eigenvalue weighted by Gasteiger charge is 2.34. The highest BCUT2D eigenvalue weighted by molar-refractivity contribution is 5.97. The summed E-state index contributed by atoms with van der Waals surface area (Å²) in [4.78, 5) is 33.6. The minimum Gasteiger partial charge on any atom is -0.481 e. The predicted molar refractivity (Wildman–Crippen MR) is 61.5 cm³/mol.